The van der Waals surface area contributed by atoms with Gasteiger partial charge in [0.15, 0.2) is 0 Å². The van der Waals surface area contributed by atoms with Gasteiger partial charge in [-0.25, -0.2) is 4.79 Å². The molecule has 0 bridgehead atoms. The molecule has 10 heteroatoms. The molecule has 0 unspecified atom stereocenters. The lowest BCUT2D eigenvalue weighted by atomic mass is 10.2. The van der Waals surface area contributed by atoms with Crippen LogP contribution >= 0.6 is 0 Å². The van der Waals surface area contributed by atoms with E-state index in [1.165, 1.54) is 17.8 Å². The molecule has 0 spiro atoms. The van der Waals surface area contributed by atoms with E-state index in [-0.39, 0.29) is 23.4 Å². The Morgan fingerprint density at radius 3 is 2.42 bits per heavy atom. The summed E-state index contributed by atoms with van der Waals surface area (Å²) in [6.07, 6.45) is 0.892. The van der Waals surface area contributed by atoms with Crippen molar-refractivity contribution in [2.75, 3.05) is 32.8 Å². The lowest BCUT2D eigenvalue weighted by molar-refractivity contribution is -0.385. The van der Waals surface area contributed by atoms with Crippen LogP contribution in [0, 0.1) is 17.0 Å². The molecule has 0 aliphatic carbocycles. The zero-order valence-electron chi connectivity index (χ0n) is 14.0. The molecule has 24 heavy (non-hydrogen) atoms. The average Bonchev–Trinajstić information content (AvgIpc) is 2.96. The van der Waals surface area contributed by atoms with Crippen LogP contribution < -0.4 is 0 Å². The fourth-order valence-corrected chi connectivity index (χ4v) is 2.55. The molecule has 2 heterocycles. The Morgan fingerprint density at radius 1 is 1.33 bits per heavy atom. The highest BCUT2D eigenvalue weighted by molar-refractivity contribution is 5.80. The number of nitro groups is 1. The van der Waals surface area contributed by atoms with Gasteiger partial charge < -0.3 is 14.5 Å². The zero-order valence-corrected chi connectivity index (χ0v) is 14.0. The van der Waals surface area contributed by atoms with E-state index >= 15 is 0 Å². The van der Waals surface area contributed by atoms with Crippen molar-refractivity contribution in [3.05, 3.63) is 22.0 Å². The summed E-state index contributed by atoms with van der Waals surface area (Å²) < 4.78 is 6.25. The summed E-state index contributed by atoms with van der Waals surface area (Å²) in [4.78, 5) is 37.8. The molecule has 1 saturated heterocycles. The number of carbonyl (C=O) groups excluding carboxylic acids is 2. The normalized spacial score (nSPS) is 16.0. The van der Waals surface area contributed by atoms with E-state index in [0.717, 1.165) is 0 Å². The van der Waals surface area contributed by atoms with Crippen molar-refractivity contribution in [1.82, 2.24) is 19.6 Å². The minimum absolute atomic E-state index is 0.109. The number of hydrogen-bond donors (Lipinski definition) is 0. The van der Waals surface area contributed by atoms with Gasteiger partial charge in [0.1, 0.15) is 17.9 Å². The largest absolute Gasteiger partial charge is 0.450 e. The van der Waals surface area contributed by atoms with E-state index in [4.69, 9.17) is 4.74 Å². The van der Waals surface area contributed by atoms with E-state index in [0.29, 0.717) is 32.8 Å². The second-order valence-electron chi connectivity index (χ2n) is 5.52. The maximum Gasteiger partial charge on any atom is 0.409 e. The van der Waals surface area contributed by atoms with Crippen LogP contribution in [0.2, 0.25) is 0 Å². The van der Waals surface area contributed by atoms with Gasteiger partial charge in [0.2, 0.25) is 5.91 Å². The first-order valence-corrected chi connectivity index (χ1v) is 7.75. The third kappa shape index (κ3) is 3.63. The van der Waals surface area contributed by atoms with Gasteiger partial charge in [0.25, 0.3) is 0 Å². The molecule has 0 saturated carbocycles. The minimum atomic E-state index is -0.647. The molecule has 2 rings (SSSR count). The fourth-order valence-electron chi connectivity index (χ4n) is 2.55. The van der Waals surface area contributed by atoms with E-state index in [1.807, 2.05) is 0 Å². The van der Waals surface area contributed by atoms with Crippen LogP contribution in [0.25, 0.3) is 0 Å². The topological polar surface area (TPSA) is 111 Å². The summed E-state index contributed by atoms with van der Waals surface area (Å²) in [5.74, 6) is -0.184. The lowest BCUT2D eigenvalue weighted by Gasteiger charge is -2.35. The van der Waals surface area contributed by atoms with Gasteiger partial charge in [0.05, 0.1) is 11.5 Å². The Bertz CT molecular complexity index is 635. The van der Waals surface area contributed by atoms with Gasteiger partial charge in [-0.15, -0.1) is 0 Å². The molecule has 1 aliphatic heterocycles. The first-order valence-electron chi connectivity index (χ1n) is 7.75. The van der Waals surface area contributed by atoms with Crippen LogP contribution in [0.1, 0.15) is 25.6 Å². The molecule has 1 aliphatic rings. The van der Waals surface area contributed by atoms with Crippen molar-refractivity contribution in [2.24, 2.45) is 0 Å². The molecule has 2 amide bonds. The molecule has 0 radical (unpaired) electrons. The Hall–Kier alpha value is -2.65. The van der Waals surface area contributed by atoms with Crippen LogP contribution in [0.4, 0.5) is 10.5 Å². The molecule has 1 fully saturated rings. The van der Waals surface area contributed by atoms with Gasteiger partial charge in [-0.3, -0.25) is 19.6 Å². The van der Waals surface area contributed by atoms with Crippen LogP contribution in [-0.4, -0.2) is 69.3 Å². The summed E-state index contributed by atoms with van der Waals surface area (Å²) in [5.41, 5.74) is 0.161. The van der Waals surface area contributed by atoms with Crippen LogP contribution in [0.15, 0.2) is 6.20 Å². The second kappa shape index (κ2) is 7.28. The number of ether oxygens (including phenoxy) is 1. The van der Waals surface area contributed by atoms with Gasteiger partial charge >= 0.3 is 11.8 Å². The lowest BCUT2D eigenvalue weighted by Crippen LogP contribution is -2.52. The number of piperazine rings is 1. The molecule has 132 valence electrons. The molecular weight excluding hydrogens is 318 g/mol. The van der Waals surface area contributed by atoms with Gasteiger partial charge in [0, 0.05) is 26.2 Å². The van der Waals surface area contributed by atoms with Crippen molar-refractivity contribution >= 4 is 17.7 Å². The Labute approximate surface area is 139 Å². The average molecular weight is 339 g/mol. The number of amides is 2. The summed E-state index contributed by atoms with van der Waals surface area (Å²) in [6, 6.07) is -0.647. The molecule has 1 aromatic rings. The zero-order chi connectivity index (χ0) is 17.9. The van der Waals surface area contributed by atoms with Crippen molar-refractivity contribution < 1.29 is 19.2 Å². The van der Waals surface area contributed by atoms with Crippen LogP contribution in [-0.2, 0) is 9.53 Å². The number of rotatable bonds is 4. The van der Waals surface area contributed by atoms with Crippen LogP contribution in [0.3, 0.4) is 0 Å². The molecule has 0 aromatic carbocycles. The molecular formula is C14H21N5O5. The quantitative estimate of drug-likeness (QED) is 0.597. The maximum atomic E-state index is 12.6. The van der Waals surface area contributed by atoms with Crippen molar-refractivity contribution in [1.29, 1.82) is 0 Å². The molecule has 1 atom stereocenters. The first kappa shape index (κ1) is 17.7. The fraction of sp³-hybridized carbons (Fsp3) is 0.643. The van der Waals surface area contributed by atoms with E-state index in [1.54, 1.807) is 23.6 Å². The Kier molecular flexibility index (Phi) is 5.37. The number of aryl methyl sites for hydroxylation is 1. The van der Waals surface area contributed by atoms with Crippen molar-refractivity contribution in [3.8, 4) is 0 Å². The van der Waals surface area contributed by atoms with Crippen LogP contribution in [0.5, 0.6) is 0 Å². The van der Waals surface area contributed by atoms with Crippen molar-refractivity contribution in [2.45, 2.75) is 26.8 Å². The smallest absolute Gasteiger partial charge is 0.409 e. The SMILES string of the molecule is CCOC(=O)N1CCN(C(=O)[C@H](C)n2cc([N+](=O)[O-])c(C)n2)CC1. The van der Waals surface area contributed by atoms with Crippen molar-refractivity contribution in [3.63, 3.8) is 0 Å². The van der Waals surface area contributed by atoms with E-state index < -0.39 is 11.0 Å². The molecule has 0 N–H and O–H groups in total. The monoisotopic (exact) mass is 339 g/mol. The highest BCUT2D eigenvalue weighted by Gasteiger charge is 2.29. The summed E-state index contributed by atoms with van der Waals surface area (Å²) in [6.45, 7) is 6.82. The predicted octanol–water partition coefficient (Wildman–Crippen LogP) is 0.961. The summed E-state index contributed by atoms with van der Waals surface area (Å²) >= 11 is 0. The highest BCUT2D eigenvalue weighted by atomic mass is 16.6. The number of aromatic nitrogens is 2. The minimum Gasteiger partial charge on any atom is -0.450 e. The summed E-state index contributed by atoms with van der Waals surface area (Å²) in [5, 5.41) is 14.9. The number of carbonyl (C=O) groups is 2. The van der Waals surface area contributed by atoms with E-state index in [2.05, 4.69) is 5.10 Å². The van der Waals surface area contributed by atoms with Gasteiger partial charge in [-0.2, -0.15) is 5.10 Å². The maximum absolute atomic E-state index is 12.6. The van der Waals surface area contributed by atoms with Gasteiger partial charge in [-0.05, 0) is 20.8 Å². The Morgan fingerprint density at radius 2 is 1.92 bits per heavy atom. The predicted molar refractivity (Wildman–Crippen MR) is 83.5 cm³/mol. The Balaban J connectivity index is 1.98. The highest BCUT2D eigenvalue weighted by Crippen LogP contribution is 2.20. The van der Waals surface area contributed by atoms with E-state index in [9.17, 15) is 19.7 Å². The standard InChI is InChI=1S/C14H21N5O5/c1-4-24-14(21)17-7-5-16(6-8-17)13(20)11(3)18-9-12(19(22)23)10(2)15-18/h9,11H,4-8H2,1-3H3/t11-/m0/s1. The number of nitrogens with zero attached hydrogens (tertiary/aromatic N) is 5. The first-order chi connectivity index (χ1) is 11.3. The molecule has 10 nitrogen and oxygen atoms in total. The molecule has 1 aromatic heterocycles. The van der Waals surface area contributed by atoms with Gasteiger partial charge in [-0.1, -0.05) is 0 Å². The third-order valence-electron chi connectivity index (χ3n) is 3.96. The number of hydrogen-bond acceptors (Lipinski definition) is 6. The third-order valence-corrected chi connectivity index (χ3v) is 3.96. The summed E-state index contributed by atoms with van der Waals surface area (Å²) in [7, 11) is 0. The second-order valence-corrected chi connectivity index (χ2v) is 5.52.